The molecule has 36 heavy (non-hydrogen) atoms. The molecule has 180 valence electrons. The number of nitrogens with one attached hydrogen (secondary N) is 1. The van der Waals surface area contributed by atoms with E-state index >= 15 is 0 Å². The molecule has 0 radical (unpaired) electrons. The van der Waals surface area contributed by atoms with E-state index in [4.69, 9.17) is 0 Å². The Morgan fingerprint density at radius 3 is 2.31 bits per heavy atom. The fraction of sp³-hybridized carbons (Fsp3) is 0.167. The molecule has 3 aromatic rings. The zero-order valence-corrected chi connectivity index (χ0v) is 21.6. The lowest BCUT2D eigenvalue weighted by Gasteiger charge is -2.40. The summed E-state index contributed by atoms with van der Waals surface area (Å²) in [5, 5.41) is 14.6. The molecule has 1 N–H and O–H groups in total. The van der Waals surface area contributed by atoms with Crippen molar-refractivity contribution in [1.29, 1.82) is 0 Å². The number of carbonyl (C=O) groups excluding carboxylic acids is 1. The number of nitro benzene ring substituents is 1. The lowest BCUT2D eigenvalue weighted by atomic mass is 9.67. The Balaban J connectivity index is 1.61. The van der Waals surface area contributed by atoms with Gasteiger partial charge < -0.3 is 5.32 Å². The molecule has 2 aliphatic rings. The lowest BCUT2D eigenvalue weighted by molar-refractivity contribution is -0.384. The van der Waals surface area contributed by atoms with Crippen molar-refractivity contribution in [2.45, 2.75) is 26.2 Å². The minimum atomic E-state index is -0.423. The predicted octanol–water partition coefficient (Wildman–Crippen LogP) is 7.42. The van der Waals surface area contributed by atoms with Crippen molar-refractivity contribution < 1.29 is 9.72 Å². The van der Waals surface area contributed by atoms with E-state index in [9.17, 15) is 14.9 Å². The molecule has 1 heterocycles. The summed E-state index contributed by atoms with van der Waals surface area (Å²) in [4.78, 5) is 24.8. The maximum atomic E-state index is 14.1. The Hall–Kier alpha value is -3.77. The Morgan fingerprint density at radius 2 is 1.67 bits per heavy atom. The van der Waals surface area contributed by atoms with Crippen molar-refractivity contribution in [2.24, 2.45) is 5.41 Å². The number of rotatable bonds is 4. The van der Waals surface area contributed by atoms with E-state index in [1.54, 1.807) is 12.1 Å². The quantitative estimate of drug-likeness (QED) is 0.212. The number of non-ortho nitro benzene ring substituents is 1. The van der Waals surface area contributed by atoms with E-state index in [1.165, 1.54) is 12.1 Å². The summed E-state index contributed by atoms with van der Waals surface area (Å²) in [6.07, 6.45) is 4.69. The first-order chi connectivity index (χ1) is 17.2. The Kier molecular flexibility index (Phi) is 6.22. The summed E-state index contributed by atoms with van der Waals surface area (Å²) < 4.78 is 0.983. The normalized spacial score (nSPS) is 20.0. The van der Waals surface area contributed by atoms with Crippen LogP contribution in [0.2, 0.25) is 0 Å². The summed E-state index contributed by atoms with van der Waals surface area (Å²) in [6, 6.07) is 24.6. The molecular formula is C30H25BrN2O3. The van der Waals surface area contributed by atoms with Gasteiger partial charge in [0.1, 0.15) is 0 Å². The van der Waals surface area contributed by atoms with Crippen LogP contribution in [-0.2, 0) is 4.79 Å². The van der Waals surface area contributed by atoms with E-state index < -0.39 is 10.3 Å². The molecule has 0 aromatic heterocycles. The van der Waals surface area contributed by atoms with Gasteiger partial charge in [-0.25, -0.2) is 0 Å². The standard InChI is InChI=1S/C30H25BrN2O3/c1-30(2)18-27-28(29(34)25(30)16-19-8-14-23(15-9-19)33(35)36)24(20-10-12-22(31)13-11-20)17-26(32-27)21-6-4-3-5-7-21/h3-17,24,32H,18H2,1-2H3/b25-16+. The fourth-order valence-electron chi connectivity index (χ4n) is 4.96. The largest absolute Gasteiger partial charge is 0.358 e. The van der Waals surface area contributed by atoms with Gasteiger partial charge in [-0.1, -0.05) is 72.2 Å². The maximum absolute atomic E-state index is 14.1. The number of hydrogen-bond donors (Lipinski definition) is 1. The van der Waals surface area contributed by atoms with Gasteiger partial charge in [0.2, 0.25) is 0 Å². The van der Waals surface area contributed by atoms with Gasteiger partial charge in [0.15, 0.2) is 5.78 Å². The Labute approximate surface area is 218 Å². The first-order valence-electron chi connectivity index (χ1n) is 11.8. The summed E-state index contributed by atoms with van der Waals surface area (Å²) in [5.74, 6) is -0.197. The van der Waals surface area contributed by atoms with Crippen LogP contribution in [-0.4, -0.2) is 10.7 Å². The molecule has 6 heteroatoms. The molecule has 1 aliphatic heterocycles. The van der Waals surface area contributed by atoms with Crippen LogP contribution in [0, 0.1) is 15.5 Å². The second-order valence-corrected chi connectivity index (χ2v) is 10.7. The molecule has 1 atom stereocenters. The van der Waals surface area contributed by atoms with Crippen molar-refractivity contribution in [3.8, 4) is 0 Å². The highest BCUT2D eigenvalue weighted by Crippen LogP contribution is 2.48. The summed E-state index contributed by atoms with van der Waals surface area (Å²) in [6.45, 7) is 4.14. The number of Topliss-reactive ketones (excluding diaryl/α,β-unsaturated/α-hetero) is 1. The number of nitrogens with zero attached hydrogens (tertiary/aromatic N) is 1. The van der Waals surface area contributed by atoms with Crippen LogP contribution in [0.15, 0.2) is 106 Å². The van der Waals surface area contributed by atoms with Gasteiger partial charge in [-0.3, -0.25) is 14.9 Å². The molecule has 0 saturated heterocycles. The number of benzene rings is 3. The molecule has 0 saturated carbocycles. The third kappa shape index (κ3) is 4.56. The summed E-state index contributed by atoms with van der Waals surface area (Å²) in [7, 11) is 0. The van der Waals surface area contributed by atoms with Crippen LogP contribution < -0.4 is 5.32 Å². The van der Waals surface area contributed by atoms with Crippen LogP contribution >= 0.6 is 15.9 Å². The third-order valence-electron chi connectivity index (χ3n) is 6.82. The zero-order chi connectivity index (χ0) is 25.4. The smallest absolute Gasteiger partial charge is 0.269 e. The summed E-state index contributed by atoms with van der Waals surface area (Å²) >= 11 is 3.52. The third-order valence-corrected chi connectivity index (χ3v) is 7.35. The highest BCUT2D eigenvalue weighted by molar-refractivity contribution is 9.10. The number of hydrogen-bond acceptors (Lipinski definition) is 4. The van der Waals surface area contributed by atoms with Crippen molar-refractivity contribution in [2.75, 3.05) is 0 Å². The Morgan fingerprint density at radius 1 is 1.00 bits per heavy atom. The monoisotopic (exact) mass is 540 g/mol. The van der Waals surface area contributed by atoms with Gasteiger partial charge >= 0.3 is 0 Å². The number of dihydropyridines is 1. The highest BCUT2D eigenvalue weighted by atomic mass is 79.9. The minimum absolute atomic E-state index is 0.00313. The first kappa shape index (κ1) is 23.9. The number of halogens is 1. The first-order valence-corrected chi connectivity index (χ1v) is 12.6. The molecule has 0 bridgehead atoms. The van der Waals surface area contributed by atoms with E-state index in [1.807, 2.05) is 36.4 Å². The topological polar surface area (TPSA) is 72.2 Å². The molecule has 5 nitrogen and oxygen atoms in total. The van der Waals surface area contributed by atoms with Gasteiger partial charge in [0.25, 0.3) is 5.69 Å². The van der Waals surface area contributed by atoms with Crippen LogP contribution in [0.1, 0.15) is 42.9 Å². The molecule has 0 spiro atoms. The average molecular weight is 541 g/mol. The van der Waals surface area contributed by atoms with E-state index in [2.05, 4.69) is 65.4 Å². The average Bonchev–Trinajstić information content (AvgIpc) is 2.87. The van der Waals surface area contributed by atoms with Gasteiger partial charge in [-0.15, -0.1) is 0 Å². The number of ketones is 1. The highest BCUT2D eigenvalue weighted by Gasteiger charge is 2.42. The van der Waals surface area contributed by atoms with Crippen molar-refractivity contribution >= 4 is 39.2 Å². The van der Waals surface area contributed by atoms with E-state index in [0.717, 1.165) is 38.1 Å². The lowest BCUT2D eigenvalue weighted by Crippen LogP contribution is -2.37. The van der Waals surface area contributed by atoms with Gasteiger partial charge in [0, 0.05) is 45.1 Å². The van der Waals surface area contributed by atoms with Crippen LogP contribution in [0.25, 0.3) is 11.8 Å². The van der Waals surface area contributed by atoms with Crippen molar-refractivity contribution in [3.05, 3.63) is 133 Å². The molecule has 5 rings (SSSR count). The second kappa shape index (κ2) is 9.36. The second-order valence-electron chi connectivity index (χ2n) is 9.79. The van der Waals surface area contributed by atoms with Crippen LogP contribution in [0.5, 0.6) is 0 Å². The molecule has 1 aliphatic carbocycles. The van der Waals surface area contributed by atoms with Crippen LogP contribution in [0.3, 0.4) is 0 Å². The number of carbonyl (C=O) groups is 1. The van der Waals surface area contributed by atoms with E-state index in [-0.39, 0.29) is 17.4 Å². The molecule has 0 fully saturated rings. The fourth-order valence-corrected chi connectivity index (χ4v) is 5.22. The number of nitro groups is 1. The predicted molar refractivity (Wildman–Crippen MR) is 146 cm³/mol. The number of allylic oxidation sites excluding steroid dienone is 4. The van der Waals surface area contributed by atoms with Gasteiger partial charge in [0.05, 0.1) is 4.92 Å². The van der Waals surface area contributed by atoms with Gasteiger partial charge in [-0.2, -0.15) is 0 Å². The maximum Gasteiger partial charge on any atom is 0.269 e. The zero-order valence-electron chi connectivity index (χ0n) is 20.0. The molecular weight excluding hydrogens is 516 g/mol. The van der Waals surface area contributed by atoms with Crippen molar-refractivity contribution in [3.63, 3.8) is 0 Å². The SMILES string of the molecule is CC1(C)CC2=C(C(=O)/C1=C\c1ccc([N+](=O)[O-])cc1)C(c1ccc(Br)cc1)C=C(c1ccccc1)N2. The van der Waals surface area contributed by atoms with Crippen LogP contribution in [0.4, 0.5) is 5.69 Å². The molecule has 1 unspecified atom stereocenters. The summed E-state index contributed by atoms with van der Waals surface area (Å²) in [5.41, 5.74) is 5.89. The Bertz CT molecular complexity index is 1430. The minimum Gasteiger partial charge on any atom is -0.358 e. The molecule has 3 aromatic carbocycles. The molecule has 0 amide bonds. The van der Waals surface area contributed by atoms with E-state index in [0.29, 0.717) is 12.0 Å². The van der Waals surface area contributed by atoms with Gasteiger partial charge in [-0.05, 0) is 64.9 Å². The van der Waals surface area contributed by atoms with Crippen molar-refractivity contribution in [1.82, 2.24) is 5.32 Å².